The summed E-state index contributed by atoms with van der Waals surface area (Å²) in [6, 6.07) is 3.23. The molecule has 0 aliphatic carbocycles. The van der Waals surface area contributed by atoms with E-state index in [9.17, 15) is 13.6 Å². The lowest BCUT2D eigenvalue weighted by atomic mass is 9.92. The second kappa shape index (κ2) is 6.31. The van der Waals surface area contributed by atoms with Gasteiger partial charge in [-0.05, 0) is 43.9 Å². The summed E-state index contributed by atoms with van der Waals surface area (Å²) in [6.45, 7) is 3.21. The fourth-order valence-corrected chi connectivity index (χ4v) is 2.62. The van der Waals surface area contributed by atoms with Gasteiger partial charge in [0.25, 0.3) is 0 Å². The third-order valence-electron chi connectivity index (χ3n) is 3.90. The standard InChI is InChI=1S/C15H20F2N2O/c1-10(18)11-3-2-6-19(9-11)15(20)8-12-7-13(16)4-5-14(12)17/h4-5,7,10-11H,2-3,6,8-9,18H2,1H3/t10-,11-/m0/s1. The summed E-state index contributed by atoms with van der Waals surface area (Å²) in [5.41, 5.74) is 5.99. The Kier molecular flexibility index (Phi) is 4.70. The van der Waals surface area contributed by atoms with Crippen LogP contribution in [-0.2, 0) is 11.2 Å². The van der Waals surface area contributed by atoms with Crippen molar-refractivity contribution in [3.63, 3.8) is 0 Å². The smallest absolute Gasteiger partial charge is 0.227 e. The SMILES string of the molecule is C[C@H](N)[C@H]1CCCN(C(=O)Cc2cc(F)ccc2F)C1. The predicted molar refractivity (Wildman–Crippen MR) is 73.0 cm³/mol. The number of carbonyl (C=O) groups excluding carboxylic acids is 1. The van der Waals surface area contributed by atoms with Gasteiger partial charge in [0, 0.05) is 24.7 Å². The van der Waals surface area contributed by atoms with Crippen LogP contribution in [0.2, 0.25) is 0 Å². The summed E-state index contributed by atoms with van der Waals surface area (Å²) in [7, 11) is 0. The highest BCUT2D eigenvalue weighted by Gasteiger charge is 2.26. The molecule has 1 aromatic carbocycles. The van der Waals surface area contributed by atoms with Gasteiger partial charge in [-0.2, -0.15) is 0 Å². The second-order valence-electron chi connectivity index (χ2n) is 5.51. The maximum atomic E-state index is 13.5. The Morgan fingerprint density at radius 3 is 2.95 bits per heavy atom. The van der Waals surface area contributed by atoms with Crippen LogP contribution in [0.4, 0.5) is 8.78 Å². The Bertz CT molecular complexity index is 491. The average Bonchev–Trinajstić information content (AvgIpc) is 2.43. The first-order valence-corrected chi connectivity index (χ1v) is 6.94. The van der Waals surface area contributed by atoms with Crippen molar-refractivity contribution >= 4 is 5.91 Å². The van der Waals surface area contributed by atoms with Crippen LogP contribution in [-0.4, -0.2) is 29.9 Å². The number of likely N-dealkylation sites (tertiary alicyclic amines) is 1. The molecule has 1 amide bonds. The van der Waals surface area contributed by atoms with Crippen LogP contribution < -0.4 is 5.73 Å². The average molecular weight is 282 g/mol. The van der Waals surface area contributed by atoms with E-state index in [-0.39, 0.29) is 29.9 Å². The Morgan fingerprint density at radius 1 is 1.50 bits per heavy atom. The van der Waals surface area contributed by atoms with Crippen molar-refractivity contribution in [2.45, 2.75) is 32.2 Å². The first-order valence-electron chi connectivity index (χ1n) is 6.94. The van der Waals surface area contributed by atoms with Crippen LogP contribution >= 0.6 is 0 Å². The van der Waals surface area contributed by atoms with Gasteiger partial charge in [0.2, 0.25) is 5.91 Å². The zero-order valence-corrected chi connectivity index (χ0v) is 11.6. The molecule has 1 aliphatic heterocycles. The summed E-state index contributed by atoms with van der Waals surface area (Å²) < 4.78 is 26.6. The number of amides is 1. The van der Waals surface area contributed by atoms with E-state index < -0.39 is 11.6 Å². The van der Waals surface area contributed by atoms with Gasteiger partial charge in [-0.25, -0.2) is 8.78 Å². The van der Waals surface area contributed by atoms with E-state index in [1.54, 1.807) is 4.90 Å². The highest BCUT2D eigenvalue weighted by Crippen LogP contribution is 2.20. The maximum Gasteiger partial charge on any atom is 0.227 e. The molecule has 0 radical (unpaired) electrons. The molecule has 110 valence electrons. The Labute approximate surface area is 117 Å². The van der Waals surface area contributed by atoms with E-state index in [4.69, 9.17) is 5.73 Å². The minimum atomic E-state index is -0.541. The van der Waals surface area contributed by atoms with Gasteiger partial charge in [-0.1, -0.05) is 0 Å². The topological polar surface area (TPSA) is 46.3 Å². The van der Waals surface area contributed by atoms with Crippen LogP contribution in [0, 0.1) is 17.6 Å². The van der Waals surface area contributed by atoms with Gasteiger partial charge in [-0.15, -0.1) is 0 Å². The Balaban J connectivity index is 2.02. The van der Waals surface area contributed by atoms with Crippen molar-refractivity contribution in [1.29, 1.82) is 0 Å². The van der Waals surface area contributed by atoms with E-state index in [0.717, 1.165) is 31.0 Å². The first kappa shape index (κ1) is 14.9. The van der Waals surface area contributed by atoms with Crippen molar-refractivity contribution < 1.29 is 13.6 Å². The molecule has 1 aliphatic rings. The second-order valence-corrected chi connectivity index (χ2v) is 5.51. The summed E-state index contributed by atoms with van der Waals surface area (Å²) in [4.78, 5) is 13.9. The molecular formula is C15H20F2N2O. The number of hydrogen-bond acceptors (Lipinski definition) is 2. The van der Waals surface area contributed by atoms with Crippen molar-refractivity contribution in [2.24, 2.45) is 11.7 Å². The zero-order chi connectivity index (χ0) is 14.7. The fraction of sp³-hybridized carbons (Fsp3) is 0.533. The van der Waals surface area contributed by atoms with Crippen LogP contribution in [0.15, 0.2) is 18.2 Å². The first-order chi connectivity index (χ1) is 9.47. The monoisotopic (exact) mass is 282 g/mol. The van der Waals surface area contributed by atoms with Crippen LogP contribution in [0.5, 0.6) is 0 Å². The summed E-state index contributed by atoms with van der Waals surface area (Å²) in [5, 5.41) is 0. The molecule has 2 rings (SSSR count). The van der Waals surface area contributed by atoms with Crippen LogP contribution in [0.1, 0.15) is 25.3 Å². The van der Waals surface area contributed by atoms with Crippen molar-refractivity contribution in [2.75, 3.05) is 13.1 Å². The number of piperidine rings is 1. The van der Waals surface area contributed by atoms with E-state index in [0.29, 0.717) is 13.1 Å². The van der Waals surface area contributed by atoms with Gasteiger partial charge >= 0.3 is 0 Å². The largest absolute Gasteiger partial charge is 0.342 e. The van der Waals surface area contributed by atoms with Crippen molar-refractivity contribution in [3.8, 4) is 0 Å². The van der Waals surface area contributed by atoms with Crippen molar-refractivity contribution in [1.82, 2.24) is 4.90 Å². The molecule has 2 N–H and O–H groups in total. The van der Waals surface area contributed by atoms with Gasteiger partial charge in [0.05, 0.1) is 6.42 Å². The maximum absolute atomic E-state index is 13.5. The third kappa shape index (κ3) is 3.54. The number of halogens is 2. The highest BCUT2D eigenvalue weighted by molar-refractivity contribution is 5.79. The van der Waals surface area contributed by atoms with Gasteiger partial charge < -0.3 is 10.6 Å². The highest BCUT2D eigenvalue weighted by atomic mass is 19.1. The molecule has 0 unspecified atom stereocenters. The Hall–Kier alpha value is -1.49. The molecule has 1 saturated heterocycles. The molecule has 0 saturated carbocycles. The molecule has 1 aromatic rings. The molecule has 20 heavy (non-hydrogen) atoms. The van der Waals surface area contributed by atoms with Gasteiger partial charge in [0.1, 0.15) is 11.6 Å². The van der Waals surface area contributed by atoms with E-state index >= 15 is 0 Å². The van der Waals surface area contributed by atoms with Crippen LogP contribution in [0.25, 0.3) is 0 Å². The number of rotatable bonds is 3. The van der Waals surface area contributed by atoms with Gasteiger partial charge in [0.15, 0.2) is 0 Å². The Morgan fingerprint density at radius 2 is 2.25 bits per heavy atom. The lowest BCUT2D eigenvalue weighted by Crippen LogP contribution is -2.45. The number of nitrogens with two attached hydrogens (primary N) is 1. The molecule has 3 nitrogen and oxygen atoms in total. The lowest BCUT2D eigenvalue weighted by Gasteiger charge is -2.34. The molecule has 5 heteroatoms. The van der Waals surface area contributed by atoms with E-state index in [1.807, 2.05) is 6.92 Å². The fourth-order valence-electron chi connectivity index (χ4n) is 2.62. The summed E-state index contributed by atoms with van der Waals surface area (Å²) in [6.07, 6.45) is 1.81. The molecule has 0 spiro atoms. The number of hydrogen-bond donors (Lipinski definition) is 1. The van der Waals surface area contributed by atoms with E-state index in [1.165, 1.54) is 0 Å². The molecule has 1 fully saturated rings. The minimum absolute atomic E-state index is 0.0384. The van der Waals surface area contributed by atoms with Crippen LogP contribution in [0.3, 0.4) is 0 Å². The molecule has 0 bridgehead atoms. The van der Waals surface area contributed by atoms with E-state index in [2.05, 4.69) is 0 Å². The number of carbonyl (C=O) groups is 1. The minimum Gasteiger partial charge on any atom is -0.342 e. The third-order valence-corrected chi connectivity index (χ3v) is 3.90. The molecule has 1 heterocycles. The quantitative estimate of drug-likeness (QED) is 0.922. The lowest BCUT2D eigenvalue weighted by molar-refractivity contribution is -0.132. The summed E-state index contributed by atoms with van der Waals surface area (Å²) >= 11 is 0. The predicted octanol–water partition coefficient (Wildman–Crippen LogP) is 2.09. The number of benzene rings is 1. The van der Waals surface area contributed by atoms with Gasteiger partial charge in [-0.3, -0.25) is 4.79 Å². The molecule has 2 atom stereocenters. The zero-order valence-electron chi connectivity index (χ0n) is 11.6. The molecule has 0 aromatic heterocycles. The normalized spacial score (nSPS) is 20.8. The summed E-state index contributed by atoms with van der Waals surface area (Å²) in [5.74, 6) is -0.952. The number of nitrogens with zero attached hydrogens (tertiary/aromatic N) is 1. The van der Waals surface area contributed by atoms with Crippen molar-refractivity contribution in [3.05, 3.63) is 35.4 Å². The molecular weight excluding hydrogens is 262 g/mol.